The van der Waals surface area contributed by atoms with Crippen LogP contribution >= 0.6 is 0 Å². The molecule has 1 aliphatic rings. The van der Waals surface area contributed by atoms with E-state index in [1.54, 1.807) is 4.90 Å². The van der Waals surface area contributed by atoms with Crippen LogP contribution in [0.5, 0.6) is 0 Å². The summed E-state index contributed by atoms with van der Waals surface area (Å²) in [5.74, 6) is 0.00414. The van der Waals surface area contributed by atoms with Gasteiger partial charge in [-0.1, -0.05) is 20.8 Å². The van der Waals surface area contributed by atoms with Gasteiger partial charge in [-0.2, -0.15) is 0 Å². The van der Waals surface area contributed by atoms with E-state index < -0.39 is 0 Å². The van der Waals surface area contributed by atoms with E-state index in [2.05, 4.69) is 5.32 Å². The zero-order valence-corrected chi connectivity index (χ0v) is 10.2. The number of amides is 2. The zero-order chi connectivity index (χ0) is 12.2. The Kier molecular flexibility index (Phi) is 4.29. The molecule has 1 saturated heterocycles. The molecule has 1 N–H and O–H groups in total. The SMILES string of the molecule is CC(C)(C)C(=O)NCCN1CCOCC1=O. The van der Waals surface area contributed by atoms with Gasteiger partial charge in [0.15, 0.2) is 0 Å². The lowest BCUT2D eigenvalue weighted by Crippen LogP contribution is -2.46. The van der Waals surface area contributed by atoms with Crippen LogP contribution in [0.3, 0.4) is 0 Å². The Balaban J connectivity index is 2.25. The molecule has 0 saturated carbocycles. The van der Waals surface area contributed by atoms with E-state index in [0.717, 1.165) is 0 Å². The highest BCUT2D eigenvalue weighted by molar-refractivity contribution is 5.81. The van der Waals surface area contributed by atoms with Gasteiger partial charge in [-0.05, 0) is 0 Å². The molecule has 0 bridgehead atoms. The van der Waals surface area contributed by atoms with Crippen LogP contribution in [0.1, 0.15) is 20.8 Å². The van der Waals surface area contributed by atoms with Gasteiger partial charge in [0.2, 0.25) is 11.8 Å². The second-order valence-electron chi connectivity index (χ2n) is 4.94. The van der Waals surface area contributed by atoms with E-state index in [-0.39, 0.29) is 23.8 Å². The number of hydrogen-bond acceptors (Lipinski definition) is 3. The quantitative estimate of drug-likeness (QED) is 0.740. The first-order valence-electron chi connectivity index (χ1n) is 5.55. The molecule has 0 radical (unpaired) electrons. The third-order valence-electron chi connectivity index (χ3n) is 2.43. The van der Waals surface area contributed by atoms with E-state index in [1.165, 1.54) is 0 Å². The largest absolute Gasteiger partial charge is 0.370 e. The van der Waals surface area contributed by atoms with Gasteiger partial charge in [0.1, 0.15) is 6.61 Å². The summed E-state index contributed by atoms with van der Waals surface area (Å²) in [5.41, 5.74) is -0.380. The Hall–Kier alpha value is -1.10. The standard InChI is InChI=1S/C11H20N2O3/c1-11(2,3)10(15)12-4-5-13-6-7-16-8-9(13)14/h4-8H2,1-3H3,(H,12,15). The van der Waals surface area contributed by atoms with Crippen molar-refractivity contribution in [2.24, 2.45) is 5.41 Å². The number of carbonyl (C=O) groups is 2. The molecule has 5 nitrogen and oxygen atoms in total. The molecule has 0 aromatic heterocycles. The number of ether oxygens (including phenoxy) is 1. The number of nitrogens with one attached hydrogen (secondary N) is 1. The van der Waals surface area contributed by atoms with Crippen molar-refractivity contribution in [2.75, 3.05) is 32.8 Å². The molecule has 0 spiro atoms. The summed E-state index contributed by atoms with van der Waals surface area (Å²) in [6.07, 6.45) is 0. The fourth-order valence-electron chi connectivity index (χ4n) is 1.36. The van der Waals surface area contributed by atoms with Crippen LogP contribution in [0.25, 0.3) is 0 Å². The lowest BCUT2D eigenvalue weighted by atomic mass is 9.96. The minimum absolute atomic E-state index is 0.00347. The summed E-state index contributed by atoms with van der Waals surface area (Å²) >= 11 is 0. The van der Waals surface area contributed by atoms with E-state index in [1.807, 2.05) is 20.8 Å². The Bertz CT molecular complexity index is 271. The van der Waals surface area contributed by atoms with Crippen molar-refractivity contribution in [3.63, 3.8) is 0 Å². The zero-order valence-electron chi connectivity index (χ0n) is 10.2. The third-order valence-corrected chi connectivity index (χ3v) is 2.43. The minimum Gasteiger partial charge on any atom is -0.370 e. The number of nitrogens with zero attached hydrogens (tertiary/aromatic N) is 1. The fourth-order valence-corrected chi connectivity index (χ4v) is 1.36. The van der Waals surface area contributed by atoms with E-state index in [0.29, 0.717) is 26.2 Å². The van der Waals surface area contributed by atoms with Crippen molar-refractivity contribution in [1.82, 2.24) is 10.2 Å². The average molecular weight is 228 g/mol. The van der Waals surface area contributed by atoms with Crippen molar-refractivity contribution in [1.29, 1.82) is 0 Å². The Morgan fingerprint density at radius 1 is 1.50 bits per heavy atom. The van der Waals surface area contributed by atoms with Gasteiger partial charge < -0.3 is 15.0 Å². The molecular formula is C11H20N2O3. The Labute approximate surface area is 96.1 Å². The highest BCUT2D eigenvalue weighted by atomic mass is 16.5. The van der Waals surface area contributed by atoms with Gasteiger partial charge in [0.25, 0.3) is 0 Å². The molecule has 2 amide bonds. The van der Waals surface area contributed by atoms with Crippen molar-refractivity contribution < 1.29 is 14.3 Å². The first-order valence-corrected chi connectivity index (χ1v) is 5.55. The first kappa shape index (κ1) is 13.0. The van der Waals surface area contributed by atoms with Crippen LogP contribution < -0.4 is 5.32 Å². The maximum absolute atomic E-state index is 11.5. The maximum Gasteiger partial charge on any atom is 0.248 e. The van der Waals surface area contributed by atoms with Gasteiger partial charge in [0.05, 0.1) is 6.61 Å². The predicted octanol–water partition coefficient (Wildman–Crippen LogP) is 0.00750. The number of morpholine rings is 1. The van der Waals surface area contributed by atoms with Crippen molar-refractivity contribution >= 4 is 11.8 Å². The Morgan fingerprint density at radius 3 is 2.75 bits per heavy atom. The smallest absolute Gasteiger partial charge is 0.248 e. The van der Waals surface area contributed by atoms with Crippen LogP contribution in [0.15, 0.2) is 0 Å². The summed E-state index contributed by atoms with van der Waals surface area (Å²) in [5, 5.41) is 2.82. The molecule has 5 heteroatoms. The molecule has 1 fully saturated rings. The molecule has 0 aromatic carbocycles. The lowest BCUT2D eigenvalue weighted by Gasteiger charge is -2.27. The highest BCUT2D eigenvalue weighted by Crippen LogP contribution is 2.12. The third kappa shape index (κ3) is 3.81. The van der Waals surface area contributed by atoms with E-state index in [4.69, 9.17) is 4.74 Å². The van der Waals surface area contributed by atoms with Crippen LogP contribution in [0.2, 0.25) is 0 Å². The van der Waals surface area contributed by atoms with Crippen molar-refractivity contribution in [2.45, 2.75) is 20.8 Å². The molecular weight excluding hydrogens is 208 g/mol. The summed E-state index contributed by atoms with van der Waals surface area (Å²) in [6.45, 7) is 8.01. The van der Waals surface area contributed by atoms with Gasteiger partial charge >= 0.3 is 0 Å². The lowest BCUT2D eigenvalue weighted by molar-refractivity contribution is -0.143. The van der Waals surface area contributed by atoms with Crippen LogP contribution in [0.4, 0.5) is 0 Å². The fraction of sp³-hybridized carbons (Fsp3) is 0.818. The second kappa shape index (κ2) is 5.30. The summed E-state index contributed by atoms with van der Waals surface area (Å²) in [7, 11) is 0. The molecule has 0 atom stereocenters. The molecule has 92 valence electrons. The predicted molar refractivity (Wildman–Crippen MR) is 59.9 cm³/mol. The van der Waals surface area contributed by atoms with E-state index in [9.17, 15) is 9.59 Å². The maximum atomic E-state index is 11.5. The van der Waals surface area contributed by atoms with Gasteiger partial charge in [-0.15, -0.1) is 0 Å². The topological polar surface area (TPSA) is 58.6 Å². The summed E-state index contributed by atoms with van der Waals surface area (Å²) in [4.78, 5) is 24.6. The summed E-state index contributed by atoms with van der Waals surface area (Å²) in [6, 6.07) is 0. The van der Waals surface area contributed by atoms with Crippen molar-refractivity contribution in [3.05, 3.63) is 0 Å². The molecule has 16 heavy (non-hydrogen) atoms. The Morgan fingerprint density at radius 2 is 2.19 bits per heavy atom. The second-order valence-corrected chi connectivity index (χ2v) is 4.94. The number of rotatable bonds is 3. The molecule has 0 aliphatic carbocycles. The summed E-state index contributed by atoms with van der Waals surface area (Å²) < 4.78 is 5.02. The van der Waals surface area contributed by atoms with Crippen LogP contribution in [-0.4, -0.2) is 49.6 Å². The number of hydrogen-bond donors (Lipinski definition) is 1. The monoisotopic (exact) mass is 228 g/mol. The highest BCUT2D eigenvalue weighted by Gasteiger charge is 2.22. The van der Waals surface area contributed by atoms with Crippen LogP contribution in [0, 0.1) is 5.41 Å². The molecule has 0 unspecified atom stereocenters. The molecule has 1 heterocycles. The van der Waals surface area contributed by atoms with Gasteiger partial charge in [0, 0.05) is 25.0 Å². The van der Waals surface area contributed by atoms with Crippen molar-refractivity contribution in [3.8, 4) is 0 Å². The van der Waals surface area contributed by atoms with Gasteiger partial charge in [-0.3, -0.25) is 9.59 Å². The molecule has 1 aliphatic heterocycles. The minimum atomic E-state index is -0.380. The van der Waals surface area contributed by atoms with E-state index >= 15 is 0 Å². The molecule has 1 rings (SSSR count). The van der Waals surface area contributed by atoms with Gasteiger partial charge in [-0.25, -0.2) is 0 Å². The van der Waals surface area contributed by atoms with Crippen LogP contribution in [-0.2, 0) is 14.3 Å². The number of carbonyl (C=O) groups excluding carboxylic acids is 2. The first-order chi connectivity index (χ1) is 7.41. The normalized spacial score (nSPS) is 17.4. The molecule has 0 aromatic rings. The average Bonchev–Trinajstić information content (AvgIpc) is 2.19.